The fourth-order valence-electron chi connectivity index (χ4n) is 1.06. The molecule has 0 aliphatic rings. The van der Waals surface area contributed by atoms with Crippen LogP contribution in [0.4, 0.5) is 0 Å². The van der Waals surface area contributed by atoms with Gasteiger partial charge in [-0.25, -0.2) is 0 Å². The quantitative estimate of drug-likeness (QED) is 0.709. The molecule has 0 fully saturated rings. The minimum absolute atomic E-state index is 0.149. The summed E-state index contributed by atoms with van der Waals surface area (Å²) in [4.78, 5) is 11.8. The molecule has 0 saturated heterocycles. The lowest BCUT2D eigenvalue weighted by molar-refractivity contribution is -0.168. The molecular formula is C14H28O3. The molecule has 3 heteroatoms. The highest BCUT2D eigenvalue weighted by Crippen LogP contribution is 2.23. The summed E-state index contributed by atoms with van der Waals surface area (Å²) < 4.78 is 11.1. The highest BCUT2D eigenvalue weighted by Gasteiger charge is 2.30. The van der Waals surface area contributed by atoms with Gasteiger partial charge in [0.2, 0.25) is 0 Å². The van der Waals surface area contributed by atoms with E-state index >= 15 is 0 Å². The number of esters is 1. The van der Waals surface area contributed by atoms with Gasteiger partial charge in [0.05, 0.1) is 17.6 Å². The van der Waals surface area contributed by atoms with Crippen LogP contribution in [-0.4, -0.2) is 23.8 Å². The Morgan fingerprint density at radius 3 is 1.76 bits per heavy atom. The van der Waals surface area contributed by atoms with Crippen LogP contribution in [-0.2, 0) is 14.3 Å². The zero-order chi connectivity index (χ0) is 13.9. The minimum atomic E-state index is -0.477. The summed E-state index contributed by atoms with van der Waals surface area (Å²) in [5.74, 6) is -0.168. The van der Waals surface area contributed by atoms with Crippen molar-refractivity contribution in [2.75, 3.05) is 6.61 Å². The van der Waals surface area contributed by atoms with Crippen molar-refractivity contribution in [3.05, 3.63) is 0 Å². The van der Waals surface area contributed by atoms with Crippen LogP contribution in [0, 0.1) is 5.41 Å². The third-order valence-electron chi connectivity index (χ3n) is 2.22. The summed E-state index contributed by atoms with van der Waals surface area (Å²) in [6, 6.07) is 0. The molecule has 0 atom stereocenters. The summed E-state index contributed by atoms with van der Waals surface area (Å²) >= 11 is 0. The zero-order valence-electron chi connectivity index (χ0n) is 12.6. The van der Waals surface area contributed by atoms with Crippen LogP contribution in [0.15, 0.2) is 0 Å². The molecular weight excluding hydrogens is 216 g/mol. The van der Waals surface area contributed by atoms with Gasteiger partial charge in [-0.2, -0.15) is 0 Å². The van der Waals surface area contributed by atoms with Crippen molar-refractivity contribution in [2.45, 2.75) is 73.0 Å². The van der Waals surface area contributed by atoms with E-state index in [1.807, 2.05) is 55.4 Å². The molecule has 0 saturated carbocycles. The predicted octanol–water partition coefficient (Wildman–Crippen LogP) is 3.56. The van der Waals surface area contributed by atoms with E-state index in [2.05, 4.69) is 0 Å². The third-order valence-corrected chi connectivity index (χ3v) is 2.22. The lowest BCUT2D eigenvalue weighted by Crippen LogP contribution is -2.36. The molecule has 102 valence electrons. The van der Waals surface area contributed by atoms with E-state index in [0.29, 0.717) is 13.0 Å². The Bertz CT molecular complexity index is 254. The summed E-state index contributed by atoms with van der Waals surface area (Å²) in [6.07, 6.45) is 0.700. The molecule has 0 aromatic carbocycles. The average Bonchev–Trinajstić information content (AvgIpc) is 1.97. The average molecular weight is 244 g/mol. The summed E-state index contributed by atoms with van der Waals surface area (Å²) in [5, 5.41) is 0. The van der Waals surface area contributed by atoms with Gasteiger partial charge in [0, 0.05) is 6.42 Å². The number of ether oxygens (including phenoxy) is 2. The van der Waals surface area contributed by atoms with Gasteiger partial charge in [-0.3, -0.25) is 4.79 Å². The Morgan fingerprint density at radius 2 is 1.41 bits per heavy atom. The van der Waals surface area contributed by atoms with E-state index in [1.54, 1.807) is 0 Å². The molecule has 17 heavy (non-hydrogen) atoms. The second-order valence-corrected chi connectivity index (χ2v) is 7.11. The Balaban J connectivity index is 4.17. The molecule has 0 bridgehead atoms. The van der Waals surface area contributed by atoms with Gasteiger partial charge in [-0.15, -0.1) is 0 Å². The van der Waals surface area contributed by atoms with Gasteiger partial charge in [0.1, 0.15) is 5.60 Å². The van der Waals surface area contributed by atoms with Crippen LogP contribution in [0.3, 0.4) is 0 Å². The first-order chi connectivity index (χ1) is 7.33. The Labute approximate surface area is 106 Å². The predicted molar refractivity (Wildman–Crippen MR) is 69.9 cm³/mol. The van der Waals surface area contributed by atoms with Crippen LogP contribution in [0.25, 0.3) is 0 Å². The monoisotopic (exact) mass is 244 g/mol. The van der Waals surface area contributed by atoms with Crippen LogP contribution in [0.1, 0.15) is 61.8 Å². The molecule has 0 N–H and O–H groups in total. The molecule has 0 amide bonds. The molecule has 0 aromatic rings. The van der Waals surface area contributed by atoms with E-state index in [4.69, 9.17) is 9.47 Å². The smallest absolute Gasteiger partial charge is 0.311 e. The van der Waals surface area contributed by atoms with Gasteiger partial charge in [0.25, 0.3) is 0 Å². The van der Waals surface area contributed by atoms with Crippen molar-refractivity contribution in [3.8, 4) is 0 Å². The van der Waals surface area contributed by atoms with Crippen LogP contribution in [0.5, 0.6) is 0 Å². The molecule has 0 aromatic heterocycles. The van der Waals surface area contributed by atoms with E-state index in [1.165, 1.54) is 0 Å². The molecule has 0 unspecified atom stereocenters. The molecule has 3 nitrogen and oxygen atoms in total. The molecule has 0 spiro atoms. The van der Waals surface area contributed by atoms with Crippen molar-refractivity contribution >= 4 is 5.97 Å². The van der Waals surface area contributed by atoms with E-state index in [9.17, 15) is 4.79 Å². The van der Waals surface area contributed by atoms with Gasteiger partial charge >= 0.3 is 5.97 Å². The van der Waals surface area contributed by atoms with Gasteiger partial charge < -0.3 is 9.47 Å². The lowest BCUT2D eigenvalue weighted by atomic mass is 9.96. The maximum absolute atomic E-state index is 11.8. The Hall–Kier alpha value is -0.570. The largest absolute Gasteiger partial charge is 0.459 e. The van der Waals surface area contributed by atoms with Gasteiger partial charge in [0.15, 0.2) is 0 Å². The highest BCUT2D eigenvalue weighted by molar-refractivity contribution is 5.75. The molecule has 0 rings (SSSR count). The molecule has 0 aliphatic carbocycles. The standard InChI is InChI=1S/C14H28O3/c1-12(2,3)11(15)17-14(7,8)9-10-16-13(4,5)6/h9-10H2,1-8H3. The first-order valence-electron chi connectivity index (χ1n) is 6.21. The summed E-state index contributed by atoms with van der Waals surface area (Å²) in [5.41, 5.74) is -1.08. The highest BCUT2D eigenvalue weighted by atomic mass is 16.6. The number of carbonyl (C=O) groups is 1. The van der Waals surface area contributed by atoms with E-state index < -0.39 is 11.0 Å². The maximum Gasteiger partial charge on any atom is 0.311 e. The van der Waals surface area contributed by atoms with Crippen molar-refractivity contribution in [3.63, 3.8) is 0 Å². The maximum atomic E-state index is 11.8. The van der Waals surface area contributed by atoms with Crippen molar-refractivity contribution < 1.29 is 14.3 Å². The second-order valence-electron chi connectivity index (χ2n) is 7.11. The van der Waals surface area contributed by atoms with Crippen LogP contribution < -0.4 is 0 Å². The third kappa shape index (κ3) is 8.19. The fourth-order valence-corrected chi connectivity index (χ4v) is 1.06. The zero-order valence-corrected chi connectivity index (χ0v) is 12.6. The molecule has 0 radical (unpaired) electrons. The SMILES string of the molecule is CC(C)(C)OCCC(C)(C)OC(=O)C(C)(C)C. The van der Waals surface area contributed by atoms with Gasteiger partial charge in [-0.1, -0.05) is 0 Å². The molecule has 0 aliphatic heterocycles. The number of hydrogen-bond donors (Lipinski definition) is 0. The Morgan fingerprint density at radius 1 is 0.941 bits per heavy atom. The number of carbonyl (C=O) groups excluding carboxylic acids is 1. The van der Waals surface area contributed by atoms with E-state index in [0.717, 1.165) is 0 Å². The first-order valence-corrected chi connectivity index (χ1v) is 6.21. The van der Waals surface area contributed by atoms with Crippen molar-refractivity contribution in [1.29, 1.82) is 0 Å². The summed E-state index contributed by atoms with van der Waals surface area (Å²) in [7, 11) is 0. The number of hydrogen-bond acceptors (Lipinski definition) is 3. The van der Waals surface area contributed by atoms with Crippen molar-refractivity contribution in [1.82, 2.24) is 0 Å². The van der Waals surface area contributed by atoms with Gasteiger partial charge in [-0.05, 0) is 55.4 Å². The van der Waals surface area contributed by atoms with Crippen LogP contribution >= 0.6 is 0 Å². The fraction of sp³-hybridized carbons (Fsp3) is 0.929. The minimum Gasteiger partial charge on any atom is -0.459 e. The Kier molecular flexibility index (Phi) is 5.20. The van der Waals surface area contributed by atoms with Crippen LogP contribution in [0.2, 0.25) is 0 Å². The second kappa shape index (κ2) is 5.38. The van der Waals surface area contributed by atoms with E-state index in [-0.39, 0.29) is 11.6 Å². The number of rotatable bonds is 4. The molecule has 0 heterocycles. The summed E-state index contributed by atoms with van der Waals surface area (Å²) in [6.45, 7) is 16.0. The topological polar surface area (TPSA) is 35.5 Å². The van der Waals surface area contributed by atoms with Crippen molar-refractivity contribution in [2.24, 2.45) is 5.41 Å². The lowest BCUT2D eigenvalue weighted by Gasteiger charge is -2.30. The normalized spacial score (nSPS) is 13.6. The first kappa shape index (κ1) is 16.4.